The van der Waals surface area contributed by atoms with Crippen LogP contribution in [-0.2, 0) is 19.6 Å². The topological polar surface area (TPSA) is 104 Å². The number of hydrogen-bond donors (Lipinski definition) is 2. The van der Waals surface area contributed by atoms with Crippen molar-refractivity contribution in [2.75, 3.05) is 19.6 Å². The summed E-state index contributed by atoms with van der Waals surface area (Å²) in [5, 5.41) is 11.1. The lowest BCUT2D eigenvalue weighted by molar-refractivity contribution is -0.137. The lowest BCUT2D eigenvalue weighted by atomic mass is 9.99. The van der Waals surface area contributed by atoms with E-state index < -0.39 is 21.9 Å². The zero-order chi connectivity index (χ0) is 16.9. The molecule has 0 saturated carbocycles. The van der Waals surface area contributed by atoms with E-state index >= 15 is 0 Å². The molecule has 2 N–H and O–H groups in total. The SMILES string of the molecule is O=C(O)CCNC(=O)C1CCCN(S(=O)(=O)c2ccccc2)C1. The lowest BCUT2D eigenvalue weighted by Gasteiger charge is -2.31. The van der Waals surface area contributed by atoms with Crippen LogP contribution in [-0.4, -0.2) is 49.3 Å². The summed E-state index contributed by atoms with van der Waals surface area (Å²) in [6.45, 7) is 0.558. The van der Waals surface area contributed by atoms with E-state index in [-0.39, 0.29) is 30.3 Å². The molecule has 1 aliphatic rings. The maximum Gasteiger partial charge on any atom is 0.305 e. The number of benzene rings is 1. The summed E-state index contributed by atoms with van der Waals surface area (Å²) in [5.74, 6) is -1.72. The predicted molar refractivity (Wildman–Crippen MR) is 83.2 cm³/mol. The van der Waals surface area contributed by atoms with Gasteiger partial charge in [-0.1, -0.05) is 18.2 Å². The summed E-state index contributed by atoms with van der Waals surface area (Å²) < 4.78 is 26.5. The number of piperidine rings is 1. The molecule has 126 valence electrons. The van der Waals surface area contributed by atoms with Crippen molar-refractivity contribution in [3.8, 4) is 0 Å². The first kappa shape index (κ1) is 17.4. The highest BCUT2D eigenvalue weighted by atomic mass is 32.2. The number of rotatable bonds is 6. The summed E-state index contributed by atoms with van der Waals surface area (Å²) in [6.07, 6.45) is 1.05. The lowest BCUT2D eigenvalue weighted by Crippen LogP contribution is -2.45. The second-order valence-electron chi connectivity index (χ2n) is 5.45. The number of aliphatic carboxylic acids is 1. The van der Waals surface area contributed by atoms with Crippen LogP contribution in [0.15, 0.2) is 35.2 Å². The molecule has 1 aromatic rings. The molecule has 1 amide bonds. The molecule has 1 heterocycles. The minimum Gasteiger partial charge on any atom is -0.481 e. The highest BCUT2D eigenvalue weighted by molar-refractivity contribution is 7.89. The normalized spacial score (nSPS) is 19.2. The van der Waals surface area contributed by atoms with Crippen LogP contribution in [0.25, 0.3) is 0 Å². The third-order valence-electron chi connectivity index (χ3n) is 3.77. The van der Waals surface area contributed by atoms with Gasteiger partial charge in [0.2, 0.25) is 15.9 Å². The van der Waals surface area contributed by atoms with E-state index in [0.717, 1.165) is 0 Å². The Labute approximate surface area is 135 Å². The Morgan fingerprint density at radius 1 is 1.26 bits per heavy atom. The number of sulfonamides is 1. The number of hydrogen-bond acceptors (Lipinski definition) is 4. The molecule has 1 aliphatic heterocycles. The Balaban J connectivity index is 2.00. The molecule has 1 aromatic carbocycles. The zero-order valence-corrected chi connectivity index (χ0v) is 13.5. The quantitative estimate of drug-likeness (QED) is 0.792. The number of carbonyl (C=O) groups is 2. The van der Waals surface area contributed by atoms with Crippen LogP contribution >= 0.6 is 0 Å². The van der Waals surface area contributed by atoms with Crippen LogP contribution in [0.1, 0.15) is 19.3 Å². The Morgan fingerprint density at radius 2 is 1.96 bits per heavy atom. The third kappa shape index (κ3) is 4.52. The van der Waals surface area contributed by atoms with Crippen molar-refractivity contribution >= 4 is 21.9 Å². The molecule has 0 aliphatic carbocycles. The van der Waals surface area contributed by atoms with Crippen molar-refractivity contribution in [1.29, 1.82) is 0 Å². The summed E-state index contributed by atoms with van der Waals surface area (Å²) in [4.78, 5) is 22.7. The van der Waals surface area contributed by atoms with Crippen LogP contribution in [0.4, 0.5) is 0 Å². The number of carboxylic acid groups (broad SMARTS) is 1. The van der Waals surface area contributed by atoms with Gasteiger partial charge in [-0.3, -0.25) is 9.59 Å². The van der Waals surface area contributed by atoms with Gasteiger partial charge in [0.15, 0.2) is 0 Å². The van der Waals surface area contributed by atoms with Gasteiger partial charge in [0.1, 0.15) is 0 Å². The van der Waals surface area contributed by atoms with Crippen molar-refractivity contribution < 1.29 is 23.1 Å². The number of carboxylic acids is 1. The van der Waals surface area contributed by atoms with E-state index in [0.29, 0.717) is 19.4 Å². The van der Waals surface area contributed by atoms with Gasteiger partial charge in [-0.15, -0.1) is 0 Å². The zero-order valence-electron chi connectivity index (χ0n) is 12.6. The molecule has 1 atom stereocenters. The highest BCUT2D eigenvalue weighted by Gasteiger charge is 2.33. The van der Waals surface area contributed by atoms with Crippen LogP contribution in [0.3, 0.4) is 0 Å². The molecule has 1 fully saturated rings. The molecule has 1 unspecified atom stereocenters. The maximum absolute atomic E-state index is 12.6. The summed E-state index contributed by atoms with van der Waals surface area (Å²) in [7, 11) is -3.60. The number of nitrogens with zero attached hydrogens (tertiary/aromatic N) is 1. The maximum atomic E-state index is 12.6. The second-order valence-corrected chi connectivity index (χ2v) is 7.39. The van der Waals surface area contributed by atoms with E-state index in [1.807, 2.05) is 0 Å². The third-order valence-corrected chi connectivity index (χ3v) is 5.65. The van der Waals surface area contributed by atoms with Gasteiger partial charge in [-0.2, -0.15) is 4.31 Å². The molecule has 0 radical (unpaired) electrons. The van der Waals surface area contributed by atoms with Crippen molar-refractivity contribution in [3.05, 3.63) is 30.3 Å². The first-order valence-corrected chi connectivity index (χ1v) is 8.90. The summed E-state index contributed by atoms with van der Waals surface area (Å²) in [6, 6.07) is 8.13. The average molecular weight is 340 g/mol. The molecule has 8 heteroatoms. The van der Waals surface area contributed by atoms with E-state index in [1.165, 1.54) is 16.4 Å². The molecule has 2 rings (SSSR count). The van der Waals surface area contributed by atoms with E-state index in [1.54, 1.807) is 18.2 Å². The number of carbonyl (C=O) groups excluding carboxylic acids is 1. The summed E-state index contributed by atoms with van der Waals surface area (Å²) in [5.41, 5.74) is 0. The Hall–Kier alpha value is -1.93. The van der Waals surface area contributed by atoms with Gasteiger partial charge in [0, 0.05) is 19.6 Å². The minimum atomic E-state index is -3.60. The first-order chi connectivity index (χ1) is 10.9. The molecular formula is C15H20N2O5S. The molecular weight excluding hydrogens is 320 g/mol. The highest BCUT2D eigenvalue weighted by Crippen LogP contribution is 2.23. The van der Waals surface area contributed by atoms with E-state index in [4.69, 9.17) is 5.11 Å². The molecule has 0 spiro atoms. The minimum absolute atomic E-state index is 0.0517. The fourth-order valence-electron chi connectivity index (χ4n) is 2.55. The van der Waals surface area contributed by atoms with Crippen LogP contribution in [0, 0.1) is 5.92 Å². The largest absolute Gasteiger partial charge is 0.481 e. The van der Waals surface area contributed by atoms with E-state index in [9.17, 15) is 18.0 Å². The smallest absolute Gasteiger partial charge is 0.305 e. The molecule has 1 saturated heterocycles. The molecule has 23 heavy (non-hydrogen) atoms. The van der Waals surface area contributed by atoms with Crippen LogP contribution < -0.4 is 5.32 Å². The monoisotopic (exact) mass is 340 g/mol. The average Bonchev–Trinajstić information content (AvgIpc) is 2.55. The number of nitrogens with one attached hydrogen (secondary N) is 1. The first-order valence-electron chi connectivity index (χ1n) is 7.46. The Kier molecular flexibility index (Phi) is 5.73. The van der Waals surface area contributed by atoms with Gasteiger partial charge in [0.25, 0.3) is 0 Å². The van der Waals surface area contributed by atoms with Gasteiger partial charge < -0.3 is 10.4 Å². The van der Waals surface area contributed by atoms with Crippen molar-refractivity contribution in [2.24, 2.45) is 5.92 Å². The Bertz CT molecular complexity index is 660. The van der Waals surface area contributed by atoms with E-state index in [2.05, 4.69) is 5.32 Å². The van der Waals surface area contributed by atoms with Crippen LogP contribution in [0.5, 0.6) is 0 Å². The van der Waals surface area contributed by atoms with Gasteiger partial charge in [-0.25, -0.2) is 8.42 Å². The molecule has 7 nitrogen and oxygen atoms in total. The number of amides is 1. The van der Waals surface area contributed by atoms with Gasteiger partial charge in [0.05, 0.1) is 17.2 Å². The predicted octanol–water partition coefficient (Wildman–Crippen LogP) is 0.678. The fourth-order valence-corrected chi connectivity index (χ4v) is 4.10. The van der Waals surface area contributed by atoms with Crippen molar-refractivity contribution in [3.63, 3.8) is 0 Å². The van der Waals surface area contributed by atoms with Crippen molar-refractivity contribution in [2.45, 2.75) is 24.2 Å². The second kappa shape index (κ2) is 7.56. The van der Waals surface area contributed by atoms with Crippen molar-refractivity contribution in [1.82, 2.24) is 9.62 Å². The van der Waals surface area contributed by atoms with Gasteiger partial charge >= 0.3 is 5.97 Å². The molecule has 0 aromatic heterocycles. The Morgan fingerprint density at radius 3 is 2.61 bits per heavy atom. The van der Waals surface area contributed by atoms with Crippen LogP contribution in [0.2, 0.25) is 0 Å². The molecule has 0 bridgehead atoms. The summed E-state index contributed by atoms with van der Waals surface area (Å²) >= 11 is 0. The fraction of sp³-hybridized carbons (Fsp3) is 0.467. The van der Waals surface area contributed by atoms with Gasteiger partial charge in [-0.05, 0) is 25.0 Å². The standard InChI is InChI=1S/C15H20N2O5S/c18-14(19)8-9-16-15(20)12-5-4-10-17(11-12)23(21,22)13-6-2-1-3-7-13/h1-3,6-7,12H,4-5,8-11H2,(H,16,20)(H,18,19).